The molecule has 0 amide bonds. The number of nitrogens with one attached hydrogen (secondary N) is 1. The van der Waals surface area contributed by atoms with Crippen molar-refractivity contribution in [1.29, 1.82) is 0 Å². The zero-order chi connectivity index (χ0) is 14.5. The lowest BCUT2D eigenvalue weighted by Gasteiger charge is -2.21. The van der Waals surface area contributed by atoms with Crippen LogP contribution in [-0.4, -0.2) is 33.6 Å². The first kappa shape index (κ1) is 16.0. The van der Waals surface area contributed by atoms with Crippen molar-refractivity contribution in [2.45, 2.75) is 26.8 Å². The minimum atomic E-state index is -3.04. The van der Waals surface area contributed by atoms with Crippen molar-refractivity contribution in [3.05, 3.63) is 29.3 Å². The molecule has 1 unspecified atom stereocenters. The Morgan fingerprint density at radius 1 is 1.32 bits per heavy atom. The molecule has 4 nitrogen and oxygen atoms in total. The molecular formula is C14H23NO3S. The minimum Gasteiger partial charge on any atom is -0.496 e. The van der Waals surface area contributed by atoms with Crippen molar-refractivity contribution in [2.24, 2.45) is 0 Å². The zero-order valence-electron chi connectivity index (χ0n) is 12.1. The minimum absolute atomic E-state index is 0.0944. The van der Waals surface area contributed by atoms with Crippen LogP contribution in [-0.2, 0) is 9.84 Å². The van der Waals surface area contributed by atoms with Crippen molar-refractivity contribution < 1.29 is 13.2 Å². The molecule has 0 bridgehead atoms. The molecule has 1 rings (SSSR count). The zero-order valence-corrected chi connectivity index (χ0v) is 12.9. The van der Waals surface area contributed by atoms with Gasteiger partial charge in [-0.3, -0.25) is 0 Å². The summed E-state index contributed by atoms with van der Waals surface area (Å²) in [5.41, 5.74) is 1.99. The maximum atomic E-state index is 11.9. The molecule has 1 aromatic rings. The fourth-order valence-corrected chi connectivity index (χ4v) is 3.04. The summed E-state index contributed by atoms with van der Waals surface area (Å²) in [4.78, 5) is 0. The van der Waals surface area contributed by atoms with Crippen LogP contribution in [0.3, 0.4) is 0 Å². The van der Waals surface area contributed by atoms with Crippen LogP contribution in [0.5, 0.6) is 5.75 Å². The molecule has 0 aliphatic carbocycles. The molecule has 0 aliphatic heterocycles. The Balaban J connectivity index is 3.14. The van der Waals surface area contributed by atoms with Gasteiger partial charge < -0.3 is 10.1 Å². The van der Waals surface area contributed by atoms with E-state index in [4.69, 9.17) is 4.74 Å². The number of benzene rings is 1. The highest BCUT2D eigenvalue weighted by Gasteiger charge is 2.21. The van der Waals surface area contributed by atoms with Gasteiger partial charge in [0.1, 0.15) is 5.75 Å². The van der Waals surface area contributed by atoms with Gasteiger partial charge in [0.15, 0.2) is 9.84 Å². The van der Waals surface area contributed by atoms with Gasteiger partial charge in [0.2, 0.25) is 0 Å². The Morgan fingerprint density at radius 2 is 2.00 bits per heavy atom. The van der Waals surface area contributed by atoms with Crippen LogP contribution in [0.15, 0.2) is 18.2 Å². The Kier molecular flexibility index (Phi) is 5.82. The molecule has 1 N–H and O–H groups in total. The summed E-state index contributed by atoms with van der Waals surface area (Å²) < 4.78 is 29.1. The van der Waals surface area contributed by atoms with E-state index in [1.165, 1.54) is 0 Å². The average molecular weight is 285 g/mol. The number of hydrogen-bond donors (Lipinski definition) is 1. The smallest absolute Gasteiger partial charge is 0.151 e. The molecule has 0 saturated carbocycles. The maximum Gasteiger partial charge on any atom is 0.151 e. The molecule has 1 atom stereocenters. The van der Waals surface area contributed by atoms with Gasteiger partial charge in [-0.05, 0) is 19.5 Å². The number of ether oxygens (including phenoxy) is 1. The highest BCUT2D eigenvalue weighted by atomic mass is 32.2. The Bertz CT molecular complexity index is 511. The quantitative estimate of drug-likeness (QED) is 0.833. The summed E-state index contributed by atoms with van der Waals surface area (Å²) in [5, 5.41) is 3.23. The van der Waals surface area contributed by atoms with E-state index in [0.717, 1.165) is 16.9 Å². The lowest BCUT2D eigenvalue weighted by atomic mass is 10.0. The van der Waals surface area contributed by atoms with Gasteiger partial charge in [-0.2, -0.15) is 0 Å². The lowest BCUT2D eigenvalue weighted by Crippen LogP contribution is -2.29. The van der Waals surface area contributed by atoms with Crippen molar-refractivity contribution in [3.8, 4) is 5.75 Å². The molecule has 5 heteroatoms. The van der Waals surface area contributed by atoms with Crippen molar-refractivity contribution in [3.63, 3.8) is 0 Å². The third kappa shape index (κ3) is 4.51. The predicted octanol–water partition coefficient (Wildman–Crippen LogP) is 2.09. The third-order valence-corrected chi connectivity index (χ3v) is 4.79. The van der Waals surface area contributed by atoms with Gasteiger partial charge >= 0.3 is 0 Å². The van der Waals surface area contributed by atoms with Crippen molar-refractivity contribution in [1.82, 2.24) is 5.32 Å². The van der Waals surface area contributed by atoms with E-state index in [1.54, 1.807) is 14.0 Å². The average Bonchev–Trinajstić information content (AvgIpc) is 2.38. The van der Waals surface area contributed by atoms with E-state index in [9.17, 15) is 8.42 Å². The first-order valence-corrected chi connectivity index (χ1v) is 8.34. The van der Waals surface area contributed by atoms with Crippen molar-refractivity contribution >= 4 is 9.84 Å². The molecule has 0 fully saturated rings. The Morgan fingerprint density at radius 3 is 2.53 bits per heavy atom. The first-order valence-electron chi connectivity index (χ1n) is 6.51. The summed E-state index contributed by atoms with van der Waals surface area (Å²) >= 11 is 0. The number of sulfone groups is 1. The van der Waals surface area contributed by atoms with E-state index in [-0.39, 0.29) is 17.5 Å². The van der Waals surface area contributed by atoms with Crippen LogP contribution in [0.25, 0.3) is 0 Å². The van der Waals surface area contributed by atoms with Gasteiger partial charge in [0, 0.05) is 17.4 Å². The van der Waals surface area contributed by atoms with E-state index in [0.29, 0.717) is 6.54 Å². The predicted molar refractivity (Wildman–Crippen MR) is 78.5 cm³/mol. The molecule has 0 heterocycles. The molecular weight excluding hydrogens is 262 g/mol. The van der Waals surface area contributed by atoms with Gasteiger partial charge in [0.05, 0.1) is 12.9 Å². The molecule has 0 spiro atoms. The maximum absolute atomic E-state index is 11.9. The standard InChI is InChI=1S/C14H23NO3S/c1-5-15-13(10-19(16,17)6-2)12-9-11(3)7-8-14(12)18-4/h7-9,13,15H,5-6,10H2,1-4H3. The largest absolute Gasteiger partial charge is 0.496 e. The van der Waals surface area contributed by atoms with Crippen LogP contribution < -0.4 is 10.1 Å². The third-order valence-electron chi connectivity index (χ3n) is 3.07. The number of methoxy groups -OCH3 is 1. The number of rotatable bonds is 7. The van der Waals surface area contributed by atoms with Gasteiger partial charge in [-0.15, -0.1) is 0 Å². The SMILES string of the molecule is CCNC(CS(=O)(=O)CC)c1cc(C)ccc1OC. The summed E-state index contributed by atoms with van der Waals surface area (Å²) in [6.07, 6.45) is 0. The highest BCUT2D eigenvalue weighted by molar-refractivity contribution is 7.91. The molecule has 0 saturated heterocycles. The fourth-order valence-electron chi connectivity index (χ4n) is 2.00. The second kappa shape index (κ2) is 6.91. The lowest BCUT2D eigenvalue weighted by molar-refractivity contribution is 0.402. The van der Waals surface area contributed by atoms with Crippen LogP contribution in [0.1, 0.15) is 31.0 Å². The number of aryl methyl sites for hydroxylation is 1. The molecule has 0 aromatic heterocycles. The summed E-state index contributed by atoms with van der Waals surface area (Å²) in [5.74, 6) is 0.975. The topological polar surface area (TPSA) is 55.4 Å². The monoisotopic (exact) mass is 285 g/mol. The van der Waals surface area contributed by atoms with Crippen LogP contribution in [0, 0.1) is 6.92 Å². The van der Waals surface area contributed by atoms with Crippen LogP contribution in [0.2, 0.25) is 0 Å². The second-order valence-corrected chi connectivity index (χ2v) is 6.95. The van der Waals surface area contributed by atoms with Gasteiger partial charge in [0.25, 0.3) is 0 Å². The number of hydrogen-bond acceptors (Lipinski definition) is 4. The van der Waals surface area contributed by atoms with Crippen molar-refractivity contribution in [2.75, 3.05) is 25.2 Å². The van der Waals surface area contributed by atoms with E-state index in [2.05, 4.69) is 5.32 Å². The Labute approximate surface area is 116 Å². The molecule has 0 aliphatic rings. The van der Waals surface area contributed by atoms with E-state index in [1.807, 2.05) is 32.0 Å². The molecule has 108 valence electrons. The van der Waals surface area contributed by atoms with Gasteiger partial charge in [-0.1, -0.05) is 31.5 Å². The normalized spacial score (nSPS) is 13.3. The summed E-state index contributed by atoms with van der Waals surface area (Å²) in [6.45, 7) is 6.33. The molecule has 19 heavy (non-hydrogen) atoms. The Hall–Kier alpha value is -1.07. The summed E-state index contributed by atoms with van der Waals surface area (Å²) in [6, 6.07) is 5.59. The van der Waals surface area contributed by atoms with Crippen LogP contribution >= 0.6 is 0 Å². The van der Waals surface area contributed by atoms with Crippen LogP contribution in [0.4, 0.5) is 0 Å². The van der Waals surface area contributed by atoms with Gasteiger partial charge in [-0.25, -0.2) is 8.42 Å². The first-order chi connectivity index (χ1) is 8.93. The van der Waals surface area contributed by atoms with E-state index >= 15 is 0 Å². The molecule has 0 radical (unpaired) electrons. The second-order valence-electron chi connectivity index (χ2n) is 4.55. The van der Waals surface area contributed by atoms with E-state index < -0.39 is 9.84 Å². The fraction of sp³-hybridized carbons (Fsp3) is 0.571. The molecule has 1 aromatic carbocycles. The highest BCUT2D eigenvalue weighted by Crippen LogP contribution is 2.27. The summed E-state index contributed by atoms with van der Waals surface area (Å²) in [7, 11) is -1.44.